The molecule has 0 aliphatic carbocycles. The van der Waals surface area contributed by atoms with Crippen LogP contribution in [0.2, 0.25) is 0 Å². The first-order chi connectivity index (χ1) is 11.0. The average Bonchev–Trinajstić information content (AvgIpc) is 2.76. The Morgan fingerprint density at radius 1 is 1.17 bits per heavy atom. The topological polar surface area (TPSA) is 80.8 Å². The molecule has 1 aliphatic heterocycles. The Bertz CT molecular complexity index is 904. The number of hydrogen-bond donors (Lipinski definition) is 0. The molecule has 0 unspecified atom stereocenters. The third kappa shape index (κ3) is 2.39. The van der Waals surface area contributed by atoms with E-state index in [-0.39, 0.29) is 17.0 Å². The fourth-order valence-electron chi connectivity index (χ4n) is 2.54. The van der Waals surface area contributed by atoms with Crippen molar-refractivity contribution in [1.29, 1.82) is 0 Å². The van der Waals surface area contributed by atoms with Gasteiger partial charge in [0.1, 0.15) is 16.9 Å². The maximum Gasteiger partial charge on any atom is 0.269 e. The third-order valence-corrected chi connectivity index (χ3v) is 5.45. The fraction of sp³-hybridized carbons (Fsp3) is 0.125. The summed E-state index contributed by atoms with van der Waals surface area (Å²) in [6, 6.07) is 10.7. The van der Waals surface area contributed by atoms with Crippen molar-refractivity contribution in [3.63, 3.8) is 0 Å². The molecule has 1 amide bonds. The van der Waals surface area contributed by atoms with Crippen LogP contribution in [0, 0.1) is 0 Å². The second-order valence-electron chi connectivity index (χ2n) is 5.00. The van der Waals surface area contributed by atoms with Gasteiger partial charge in [-0.05, 0) is 30.3 Å². The molecule has 0 radical (unpaired) electrons. The molecule has 0 bridgehead atoms. The Morgan fingerprint density at radius 2 is 1.91 bits per heavy atom. The summed E-state index contributed by atoms with van der Waals surface area (Å²) in [7, 11) is -2.46. The van der Waals surface area contributed by atoms with Gasteiger partial charge in [0.2, 0.25) is 0 Å². The van der Waals surface area contributed by atoms with E-state index in [2.05, 4.69) is 0 Å². The van der Waals surface area contributed by atoms with E-state index in [0.29, 0.717) is 23.2 Å². The van der Waals surface area contributed by atoms with Crippen molar-refractivity contribution >= 4 is 22.2 Å². The van der Waals surface area contributed by atoms with Crippen LogP contribution in [0.15, 0.2) is 47.4 Å². The number of nitrogens with zero attached hydrogens (tertiary/aromatic N) is 1. The van der Waals surface area contributed by atoms with Gasteiger partial charge in [0, 0.05) is 11.1 Å². The largest absolute Gasteiger partial charge is 0.496 e. The highest BCUT2D eigenvalue weighted by molar-refractivity contribution is 7.90. The number of sulfonamides is 1. The van der Waals surface area contributed by atoms with E-state index in [4.69, 9.17) is 4.74 Å². The van der Waals surface area contributed by atoms with Gasteiger partial charge >= 0.3 is 0 Å². The number of amides is 1. The van der Waals surface area contributed by atoms with Crippen LogP contribution >= 0.6 is 0 Å². The van der Waals surface area contributed by atoms with Gasteiger partial charge in [0.15, 0.2) is 0 Å². The van der Waals surface area contributed by atoms with E-state index < -0.39 is 15.9 Å². The molecule has 0 N–H and O–H groups in total. The molecule has 1 aliphatic rings. The first-order valence-electron chi connectivity index (χ1n) is 6.77. The van der Waals surface area contributed by atoms with Crippen LogP contribution < -0.4 is 4.74 Å². The summed E-state index contributed by atoms with van der Waals surface area (Å²) in [4.78, 5) is 23.3. The van der Waals surface area contributed by atoms with Gasteiger partial charge in [-0.2, -0.15) is 0 Å². The Balaban J connectivity index is 2.05. The van der Waals surface area contributed by atoms with Crippen LogP contribution in [0.1, 0.15) is 26.3 Å². The van der Waals surface area contributed by atoms with E-state index in [1.807, 2.05) is 0 Å². The number of carbonyl (C=O) groups is 2. The number of rotatable bonds is 4. The predicted octanol–water partition coefficient (Wildman–Crippen LogP) is 1.85. The lowest BCUT2D eigenvalue weighted by molar-refractivity contribution is 0.0864. The van der Waals surface area contributed by atoms with E-state index >= 15 is 0 Å². The molecule has 0 saturated heterocycles. The molecule has 7 heteroatoms. The standard InChI is InChI=1S/C16H13NO5S/c1-22-14-7-6-11(10-18)8-12(14)9-17-16(19)13-4-2-3-5-15(13)23(17,20)21/h2-8,10H,9H2,1H3. The van der Waals surface area contributed by atoms with Gasteiger partial charge in [-0.25, -0.2) is 12.7 Å². The highest BCUT2D eigenvalue weighted by Crippen LogP contribution is 2.33. The van der Waals surface area contributed by atoms with Gasteiger partial charge in [-0.1, -0.05) is 12.1 Å². The number of methoxy groups -OCH3 is 1. The zero-order valence-electron chi connectivity index (χ0n) is 12.2. The third-order valence-electron chi connectivity index (χ3n) is 3.67. The van der Waals surface area contributed by atoms with E-state index in [0.717, 1.165) is 4.31 Å². The number of fused-ring (bicyclic) bond motifs is 1. The second-order valence-corrected chi connectivity index (χ2v) is 6.83. The zero-order valence-corrected chi connectivity index (χ0v) is 13.0. The molecule has 0 spiro atoms. The van der Waals surface area contributed by atoms with E-state index in [1.54, 1.807) is 24.3 Å². The Kier molecular flexibility index (Phi) is 3.65. The van der Waals surface area contributed by atoms with Crippen molar-refractivity contribution in [2.45, 2.75) is 11.4 Å². The summed E-state index contributed by atoms with van der Waals surface area (Å²) in [6.45, 7) is -0.194. The average molecular weight is 331 g/mol. The zero-order chi connectivity index (χ0) is 16.6. The molecule has 118 valence electrons. The monoisotopic (exact) mass is 331 g/mol. The number of benzene rings is 2. The Labute approximate surface area is 133 Å². The van der Waals surface area contributed by atoms with Crippen molar-refractivity contribution in [3.8, 4) is 5.75 Å². The molecule has 0 saturated carbocycles. The summed E-state index contributed by atoms with van der Waals surface area (Å²) in [5.41, 5.74) is 0.974. The van der Waals surface area contributed by atoms with Gasteiger partial charge in [-0.3, -0.25) is 9.59 Å². The predicted molar refractivity (Wildman–Crippen MR) is 81.9 cm³/mol. The van der Waals surface area contributed by atoms with E-state index in [1.165, 1.54) is 25.3 Å². The lowest BCUT2D eigenvalue weighted by Gasteiger charge is -2.17. The van der Waals surface area contributed by atoms with Gasteiger partial charge in [0.05, 0.1) is 19.2 Å². The van der Waals surface area contributed by atoms with Crippen molar-refractivity contribution in [2.24, 2.45) is 0 Å². The SMILES string of the molecule is COc1ccc(C=O)cc1CN1C(=O)c2ccccc2S1(=O)=O. The first-order valence-corrected chi connectivity index (χ1v) is 8.21. The van der Waals surface area contributed by atoms with Crippen LogP contribution in [-0.4, -0.2) is 32.0 Å². The minimum absolute atomic E-state index is 0.00416. The number of aldehydes is 1. The summed E-state index contributed by atoms with van der Waals surface area (Å²) >= 11 is 0. The minimum atomic E-state index is -3.90. The molecule has 0 atom stereocenters. The van der Waals surface area contributed by atoms with Crippen LogP contribution in [0.3, 0.4) is 0 Å². The summed E-state index contributed by atoms with van der Waals surface area (Å²) < 4.78 is 31.1. The molecule has 1 heterocycles. The molecular weight excluding hydrogens is 318 g/mol. The molecule has 2 aromatic rings. The Hall–Kier alpha value is -2.67. The maximum absolute atomic E-state index is 12.5. The lowest BCUT2D eigenvalue weighted by Crippen LogP contribution is -2.29. The van der Waals surface area contributed by atoms with Crippen molar-refractivity contribution < 1.29 is 22.7 Å². The van der Waals surface area contributed by atoms with Crippen LogP contribution in [0.25, 0.3) is 0 Å². The van der Waals surface area contributed by atoms with Crippen molar-refractivity contribution in [1.82, 2.24) is 4.31 Å². The highest BCUT2D eigenvalue weighted by Gasteiger charge is 2.41. The molecule has 0 aromatic heterocycles. The van der Waals surface area contributed by atoms with Gasteiger partial charge in [-0.15, -0.1) is 0 Å². The van der Waals surface area contributed by atoms with Gasteiger partial charge < -0.3 is 4.74 Å². The lowest BCUT2D eigenvalue weighted by atomic mass is 10.1. The molecular formula is C16H13NO5S. The normalized spacial score (nSPS) is 15.3. The molecule has 0 fully saturated rings. The minimum Gasteiger partial charge on any atom is -0.496 e. The molecule has 3 rings (SSSR count). The number of hydrogen-bond acceptors (Lipinski definition) is 5. The van der Waals surface area contributed by atoms with Crippen molar-refractivity contribution in [3.05, 3.63) is 59.2 Å². The van der Waals surface area contributed by atoms with Crippen LogP contribution in [0.5, 0.6) is 5.75 Å². The second kappa shape index (κ2) is 5.51. The molecule has 23 heavy (non-hydrogen) atoms. The van der Waals surface area contributed by atoms with Gasteiger partial charge in [0.25, 0.3) is 15.9 Å². The number of carbonyl (C=O) groups excluding carboxylic acids is 2. The Morgan fingerprint density at radius 3 is 2.57 bits per heavy atom. The highest BCUT2D eigenvalue weighted by atomic mass is 32.2. The van der Waals surface area contributed by atoms with E-state index in [9.17, 15) is 18.0 Å². The quantitative estimate of drug-likeness (QED) is 0.799. The summed E-state index contributed by atoms with van der Waals surface area (Å²) in [5, 5.41) is 0. The smallest absolute Gasteiger partial charge is 0.269 e. The van der Waals surface area contributed by atoms with Crippen LogP contribution in [0.4, 0.5) is 0 Å². The molecule has 6 nitrogen and oxygen atoms in total. The fourth-order valence-corrected chi connectivity index (χ4v) is 4.08. The summed E-state index contributed by atoms with van der Waals surface area (Å²) in [6.07, 6.45) is 0.651. The number of ether oxygens (including phenoxy) is 1. The van der Waals surface area contributed by atoms with Crippen molar-refractivity contribution in [2.75, 3.05) is 7.11 Å². The molecule has 2 aromatic carbocycles. The van der Waals surface area contributed by atoms with Crippen LogP contribution in [-0.2, 0) is 16.6 Å². The first kappa shape index (κ1) is 15.2. The summed E-state index contributed by atoms with van der Waals surface area (Å²) in [5.74, 6) is -0.172. The maximum atomic E-state index is 12.5.